The molecule has 0 aliphatic heterocycles. The van der Waals surface area contributed by atoms with E-state index in [-0.39, 0.29) is 0 Å². The van der Waals surface area contributed by atoms with Gasteiger partial charge in [0.2, 0.25) is 0 Å². The van der Waals surface area contributed by atoms with Gasteiger partial charge < -0.3 is 0 Å². The highest BCUT2D eigenvalue weighted by Crippen LogP contribution is 2.21. The Kier molecular flexibility index (Phi) is 5.52. The summed E-state index contributed by atoms with van der Waals surface area (Å²) in [5.74, 6) is 0. The summed E-state index contributed by atoms with van der Waals surface area (Å²) in [5.41, 5.74) is 2.86. The van der Waals surface area contributed by atoms with Crippen molar-refractivity contribution >= 4 is 33.0 Å². The van der Waals surface area contributed by atoms with Gasteiger partial charge in [-0.2, -0.15) is 5.26 Å². The van der Waals surface area contributed by atoms with Crippen LogP contribution in [0, 0.1) is 11.3 Å². The van der Waals surface area contributed by atoms with Crippen molar-refractivity contribution < 1.29 is 0 Å². The number of aromatic nitrogens is 1. The highest BCUT2D eigenvalue weighted by Gasteiger charge is 2.13. The summed E-state index contributed by atoms with van der Waals surface area (Å²) in [5, 5.41) is 9.55. The fourth-order valence-corrected chi connectivity index (χ4v) is 3.75. The standard InChI is InChI=1S/C19H14BrN3S/c20-19-22-13-17(24-19)11-16(12-21)23-18(14-7-3-1-4-8-14)15-9-5-2-6-10-15/h1-10,13,16H,11H2. The van der Waals surface area contributed by atoms with Crippen LogP contribution < -0.4 is 0 Å². The first-order chi connectivity index (χ1) is 11.8. The third-order valence-corrected chi connectivity index (χ3v) is 4.95. The number of benzene rings is 2. The van der Waals surface area contributed by atoms with Crippen LogP contribution in [-0.2, 0) is 6.42 Å². The maximum Gasteiger partial charge on any atom is 0.159 e. The lowest BCUT2D eigenvalue weighted by Crippen LogP contribution is -2.12. The van der Waals surface area contributed by atoms with E-state index in [2.05, 4.69) is 27.0 Å². The van der Waals surface area contributed by atoms with E-state index >= 15 is 0 Å². The van der Waals surface area contributed by atoms with Gasteiger partial charge in [0, 0.05) is 28.6 Å². The van der Waals surface area contributed by atoms with Crippen LogP contribution >= 0.6 is 27.3 Å². The number of aliphatic imine (C=N–C) groups is 1. The normalized spacial score (nSPS) is 11.5. The predicted molar refractivity (Wildman–Crippen MR) is 101 cm³/mol. The van der Waals surface area contributed by atoms with Crippen molar-refractivity contribution in [2.24, 2.45) is 4.99 Å². The maximum atomic E-state index is 9.55. The van der Waals surface area contributed by atoms with E-state index in [0.717, 1.165) is 25.6 Å². The molecule has 0 amide bonds. The molecule has 24 heavy (non-hydrogen) atoms. The van der Waals surface area contributed by atoms with Crippen LogP contribution in [0.3, 0.4) is 0 Å². The van der Waals surface area contributed by atoms with Crippen molar-refractivity contribution in [3.63, 3.8) is 0 Å². The van der Waals surface area contributed by atoms with Gasteiger partial charge in [0.25, 0.3) is 0 Å². The summed E-state index contributed by atoms with van der Waals surface area (Å²) in [6, 6.07) is 21.8. The van der Waals surface area contributed by atoms with E-state index in [0.29, 0.717) is 6.42 Å². The molecule has 3 rings (SSSR count). The number of hydrogen-bond acceptors (Lipinski definition) is 4. The predicted octanol–water partition coefficient (Wildman–Crippen LogP) is 4.88. The molecule has 0 saturated heterocycles. The molecule has 0 N–H and O–H groups in total. The first-order valence-electron chi connectivity index (χ1n) is 7.44. The third kappa shape index (κ3) is 4.16. The minimum Gasteiger partial charge on any atom is -0.265 e. The number of nitriles is 1. The molecule has 1 unspecified atom stereocenters. The van der Waals surface area contributed by atoms with Crippen LogP contribution in [0.15, 0.2) is 75.8 Å². The van der Waals surface area contributed by atoms with Gasteiger partial charge in [0.1, 0.15) is 6.04 Å². The Morgan fingerprint density at radius 2 is 1.67 bits per heavy atom. The van der Waals surface area contributed by atoms with Crippen molar-refractivity contribution in [2.45, 2.75) is 12.5 Å². The largest absolute Gasteiger partial charge is 0.265 e. The summed E-state index contributed by atoms with van der Waals surface area (Å²) in [7, 11) is 0. The molecule has 0 spiro atoms. The van der Waals surface area contributed by atoms with Gasteiger partial charge in [-0.05, 0) is 15.9 Å². The van der Waals surface area contributed by atoms with Gasteiger partial charge in [-0.3, -0.25) is 4.99 Å². The molecule has 118 valence electrons. The summed E-state index contributed by atoms with van der Waals surface area (Å²) in [6.07, 6.45) is 2.35. The van der Waals surface area contributed by atoms with E-state index < -0.39 is 6.04 Å². The van der Waals surface area contributed by atoms with Crippen molar-refractivity contribution in [2.75, 3.05) is 0 Å². The summed E-state index contributed by atoms with van der Waals surface area (Å²) < 4.78 is 0.824. The third-order valence-electron chi connectivity index (χ3n) is 3.45. The Balaban J connectivity index is 1.97. The summed E-state index contributed by atoms with van der Waals surface area (Å²) >= 11 is 4.89. The minimum absolute atomic E-state index is 0.451. The zero-order valence-electron chi connectivity index (χ0n) is 12.8. The first kappa shape index (κ1) is 16.6. The SMILES string of the molecule is N#CC(Cc1cnc(Br)s1)N=C(c1ccccc1)c1ccccc1. The molecule has 3 nitrogen and oxygen atoms in total. The second-order valence-electron chi connectivity index (χ2n) is 5.14. The highest BCUT2D eigenvalue weighted by atomic mass is 79.9. The molecule has 2 aromatic carbocycles. The number of rotatable bonds is 5. The maximum absolute atomic E-state index is 9.55. The first-order valence-corrected chi connectivity index (χ1v) is 9.05. The number of thiazole rings is 1. The monoisotopic (exact) mass is 395 g/mol. The average Bonchev–Trinajstić information content (AvgIpc) is 3.05. The molecule has 0 fully saturated rings. The lowest BCUT2D eigenvalue weighted by Gasteiger charge is -2.10. The quantitative estimate of drug-likeness (QED) is 0.578. The Bertz CT molecular complexity index is 825. The smallest absolute Gasteiger partial charge is 0.159 e. The Morgan fingerprint density at radius 1 is 1.08 bits per heavy atom. The lowest BCUT2D eigenvalue weighted by atomic mass is 10.0. The van der Waals surface area contributed by atoms with E-state index in [1.54, 1.807) is 6.20 Å². The van der Waals surface area contributed by atoms with Gasteiger partial charge in [0.15, 0.2) is 3.92 Å². The molecule has 1 atom stereocenters. The van der Waals surface area contributed by atoms with E-state index in [1.807, 2.05) is 60.7 Å². The summed E-state index contributed by atoms with van der Waals surface area (Å²) in [4.78, 5) is 9.97. The second-order valence-corrected chi connectivity index (χ2v) is 7.53. The molecule has 0 saturated carbocycles. The molecular formula is C19H14BrN3S. The van der Waals surface area contributed by atoms with Crippen LogP contribution in [-0.4, -0.2) is 16.7 Å². The van der Waals surface area contributed by atoms with Crippen LogP contribution in [0.1, 0.15) is 16.0 Å². The van der Waals surface area contributed by atoms with Crippen LogP contribution in [0.25, 0.3) is 0 Å². The molecule has 1 heterocycles. The van der Waals surface area contributed by atoms with Crippen molar-refractivity contribution in [1.29, 1.82) is 5.26 Å². The van der Waals surface area contributed by atoms with E-state index in [4.69, 9.17) is 4.99 Å². The molecule has 3 aromatic rings. The molecule has 0 aliphatic carbocycles. The number of hydrogen-bond donors (Lipinski definition) is 0. The second kappa shape index (κ2) is 8.00. The Labute approximate surface area is 153 Å². The van der Waals surface area contributed by atoms with Crippen LogP contribution in [0.2, 0.25) is 0 Å². The fraction of sp³-hybridized carbons (Fsp3) is 0.105. The number of nitrogens with zero attached hydrogens (tertiary/aromatic N) is 3. The van der Waals surface area contributed by atoms with Gasteiger partial charge in [0.05, 0.1) is 11.8 Å². The highest BCUT2D eigenvalue weighted by molar-refractivity contribution is 9.11. The lowest BCUT2D eigenvalue weighted by molar-refractivity contribution is 0.834. The van der Waals surface area contributed by atoms with Crippen molar-refractivity contribution in [3.05, 3.63) is 86.8 Å². The topological polar surface area (TPSA) is 49.0 Å². The number of halogens is 1. The molecule has 5 heteroatoms. The zero-order valence-corrected chi connectivity index (χ0v) is 15.2. The van der Waals surface area contributed by atoms with E-state index in [9.17, 15) is 5.26 Å². The zero-order chi connectivity index (χ0) is 16.8. The van der Waals surface area contributed by atoms with Gasteiger partial charge in [-0.25, -0.2) is 4.98 Å². The van der Waals surface area contributed by atoms with Gasteiger partial charge >= 0.3 is 0 Å². The van der Waals surface area contributed by atoms with Gasteiger partial charge in [-0.15, -0.1) is 11.3 Å². The molecular weight excluding hydrogens is 382 g/mol. The van der Waals surface area contributed by atoms with Crippen molar-refractivity contribution in [3.8, 4) is 6.07 Å². The average molecular weight is 396 g/mol. The fourth-order valence-electron chi connectivity index (χ4n) is 2.35. The Morgan fingerprint density at radius 3 is 2.12 bits per heavy atom. The van der Waals surface area contributed by atoms with Crippen molar-refractivity contribution in [1.82, 2.24) is 4.98 Å². The molecule has 0 aliphatic rings. The Hall–Kier alpha value is -2.29. The van der Waals surface area contributed by atoms with E-state index in [1.165, 1.54) is 11.3 Å². The van der Waals surface area contributed by atoms with Crippen LogP contribution in [0.5, 0.6) is 0 Å². The molecule has 0 radical (unpaired) electrons. The minimum atomic E-state index is -0.451. The van der Waals surface area contributed by atoms with Crippen LogP contribution in [0.4, 0.5) is 0 Å². The molecule has 1 aromatic heterocycles. The van der Waals surface area contributed by atoms with Gasteiger partial charge in [-0.1, -0.05) is 60.7 Å². The molecule has 0 bridgehead atoms. The summed E-state index contributed by atoms with van der Waals surface area (Å²) in [6.45, 7) is 0.